The Labute approximate surface area is 125 Å². The van der Waals surface area contributed by atoms with Gasteiger partial charge in [0.15, 0.2) is 11.3 Å². The number of methoxy groups -OCH3 is 1. The quantitative estimate of drug-likeness (QED) is 0.569. The van der Waals surface area contributed by atoms with E-state index in [1.807, 2.05) is 6.07 Å². The molecule has 1 saturated heterocycles. The Kier molecular flexibility index (Phi) is 4.53. The van der Waals surface area contributed by atoms with Crippen molar-refractivity contribution in [3.05, 3.63) is 24.6 Å². The van der Waals surface area contributed by atoms with Crippen LogP contribution in [0.15, 0.2) is 24.1 Å². The predicted molar refractivity (Wildman–Crippen MR) is 72.5 cm³/mol. The number of hydrogen-bond acceptors (Lipinski definition) is 9. The van der Waals surface area contributed by atoms with E-state index in [-0.39, 0.29) is 17.9 Å². The van der Waals surface area contributed by atoms with Crippen molar-refractivity contribution in [3.63, 3.8) is 0 Å². The molecule has 1 aliphatic heterocycles. The smallest absolute Gasteiger partial charge is 0.281 e. The molecule has 4 atom stereocenters. The zero-order valence-electron chi connectivity index (χ0n) is 11.8. The first-order valence-corrected chi connectivity index (χ1v) is 6.31. The van der Waals surface area contributed by atoms with Gasteiger partial charge >= 0.3 is 0 Å². The number of nitrogens with zero attached hydrogens (tertiary/aromatic N) is 5. The van der Waals surface area contributed by atoms with Crippen molar-refractivity contribution in [1.29, 1.82) is 5.26 Å². The minimum atomic E-state index is -2.01. The van der Waals surface area contributed by atoms with Crippen molar-refractivity contribution in [2.75, 3.05) is 19.5 Å². The molecule has 1 fully saturated rings. The monoisotopic (exact) mass is 308 g/mol. The van der Waals surface area contributed by atoms with Gasteiger partial charge in [-0.2, -0.15) is 15.0 Å². The maximum Gasteiger partial charge on any atom is 0.281 e. The fraction of sp³-hybridized carbons (Fsp3) is 0.500. The van der Waals surface area contributed by atoms with Gasteiger partial charge in [0, 0.05) is 13.3 Å². The summed E-state index contributed by atoms with van der Waals surface area (Å²) in [7, 11) is 1.41. The molecule has 1 aliphatic rings. The SMILES string of the molecule is C=CN=c1c(N)ncnn1[C@]1(C#N)O[C@H](COC)[C@@H](O)[C@H]1O. The van der Waals surface area contributed by atoms with Gasteiger partial charge in [-0.1, -0.05) is 6.58 Å². The number of nitrogen functional groups attached to an aromatic ring is 1. The molecule has 1 aromatic heterocycles. The lowest BCUT2D eigenvalue weighted by Crippen LogP contribution is -2.51. The van der Waals surface area contributed by atoms with E-state index in [1.165, 1.54) is 13.3 Å². The lowest BCUT2D eigenvalue weighted by Gasteiger charge is -2.26. The molecule has 0 saturated carbocycles. The topological polar surface area (TPSA) is 152 Å². The molecule has 0 bridgehead atoms. The summed E-state index contributed by atoms with van der Waals surface area (Å²) in [5.74, 6) is -0.0370. The number of hydrogen-bond donors (Lipinski definition) is 3. The highest BCUT2D eigenvalue weighted by Crippen LogP contribution is 2.34. The van der Waals surface area contributed by atoms with E-state index in [0.29, 0.717) is 0 Å². The number of nitrogens with two attached hydrogens (primary N) is 1. The molecule has 0 amide bonds. The lowest BCUT2D eigenvalue weighted by molar-refractivity contribution is -0.119. The molecule has 0 aliphatic carbocycles. The van der Waals surface area contributed by atoms with Gasteiger partial charge in [0.2, 0.25) is 0 Å². The van der Waals surface area contributed by atoms with Crippen LogP contribution in [0.5, 0.6) is 0 Å². The predicted octanol–water partition coefficient (Wildman–Crippen LogP) is -2.15. The molecule has 10 heteroatoms. The average Bonchev–Trinajstić information content (AvgIpc) is 2.75. The molecular formula is C12H16N6O4. The maximum absolute atomic E-state index is 10.3. The van der Waals surface area contributed by atoms with E-state index in [1.54, 1.807) is 0 Å². The van der Waals surface area contributed by atoms with Gasteiger partial charge in [-0.15, -0.1) is 0 Å². The van der Waals surface area contributed by atoms with Crippen molar-refractivity contribution in [3.8, 4) is 6.07 Å². The Morgan fingerprint density at radius 3 is 3.05 bits per heavy atom. The molecule has 0 unspecified atom stereocenters. The van der Waals surface area contributed by atoms with Crippen molar-refractivity contribution in [2.45, 2.75) is 24.0 Å². The molecule has 1 aromatic rings. The second kappa shape index (κ2) is 6.20. The number of ether oxygens (including phenoxy) is 2. The molecule has 2 rings (SSSR count). The Balaban J connectivity index is 2.63. The van der Waals surface area contributed by atoms with Gasteiger partial charge in [-0.05, 0) is 0 Å². The largest absolute Gasteiger partial charge is 0.387 e. The van der Waals surface area contributed by atoms with Gasteiger partial charge in [0.05, 0.1) is 6.61 Å². The summed E-state index contributed by atoms with van der Waals surface area (Å²) in [6, 6.07) is 1.82. The standard InChI is InChI=1S/C12H16N6O4/c1-3-15-11-10(14)16-6-17-18(11)12(5-13)9(20)8(19)7(22-12)4-21-2/h3,6-9,19-20H,1,4H2,2H3,(H2,14,16,17)/t7-,8-,9-,12-/m1/s1. The Morgan fingerprint density at radius 2 is 2.45 bits per heavy atom. The van der Waals surface area contributed by atoms with Crippen molar-refractivity contribution in [1.82, 2.24) is 14.8 Å². The Bertz CT molecular complexity index is 668. The van der Waals surface area contributed by atoms with Crippen LogP contribution in [0.2, 0.25) is 0 Å². The van der Waals surface area contributed by atoms with Gasteiger partial charge < -0.3 is 25.4 Å². The van der Waals surface area contributed by atoms with E-state index in [0.717, 1.165) is 11.0 Å². The van der Waals surface area contributed by atoms with Gasteiger partial charge in [0.25, 0.3) is 5.72 Å². The Morgan fingerprint density at radius 1 is 1.73 bits per heavy atom. The average molecular weight is 308 g/mol. The van der Waals surface area contributed by atoms with Crippen LogP contribution in [0.4, 0.5) is 5.82 Å². The van der Waals surface area contributed by atoms with Crippen LogP contribution in [-0.4, -0.2) is 57.0 Å². The second-order valence-electron chi connectivity index (χ2n) is 4.55. The van der Waals surface area contributed by atoms with Crippen LogP contribution < -0.4 is 11.2 Å². The first-order chi connectivity index (χ1) is 10.5. The van der Waals surface area contributed by atoms with E-state index in [9.17, 15) is 15.5 Å². The summed E-state index contributed by atoms with van der Waals surface area (Å²) in [4.78, 5) is 7.66. The number of aliphatic hydroxyl groups excluding tert-OH is 2. The normalized spacial score (nSPS) is 31.9. The van der Waals surface area contributed by atoms with Gasteiger partial charge in [-0.25, -0.2) is 9.98 Å². The Hall–Kier alpha value is -2.32. The van der Waals surface area contributed by atoms with Crippen LogP contribution in [-0.2, 0) is 15.2 Å². The molecule has 10 nitrogen and oxygen atoms in total. The third kappa shape index (κ3) is 2.36. The molecular weight excluding hydrogens is 292 g/mol. The highest BCUT2D eigenvalue weighted by Gasteiger charge is 2.57. The second-order valence-corrected chi connectivity index (χ2v) is 4.55. The van der Waals surface area contributed by atoms with E-state index >= 15 is 0 Å². The van der Waals surface area contributed by atoms with Crippen LogP contribution in [0.3, 0.4) is 0 Å². The molecule has 118 valence electrons. The number of rotatable bonds is 4. The van der Waals surface area contributed by atoms with Crippen molar-refractivity contribution < 1.29 is 19.7 Å². The molecule has 0 radical (unpaired) electrons. The number of aliphatic hydroxyl groups is 2. The van der Waals surface area contributed by atoms with Crippen LogP contribution >= 0.6 is 0 Å². The van der Waals surface area contributed by atoms with Gasteiger partial charge in [-0.3, -0.25) is 0 Å². The first kappa shape index (κ1) is 16.1. The summed E-state index contributed by atoms with van der Waals surface area (Å²) in [6.45, 7) is 3.43. The van der Waals surface area contributed by atoms with E-state index < -0.39 is 24.0 Å². The number of nitriles is 1. The number of aromatic nitrogens is 3. The fourth-order valence-corrected chi connectivity index (χ4v) is 2.23. The highest BCUT2D eigenvalue weighted by atomic mass is 16.6. The zero-order chi connectivity index (χ0) is 16.3. The highest BCUT2D eigenvalue weighted by molar-refractivity contribution is 5.23. The summed E-state index contributed by atoms with van der Waals surface area (Å²) >= 11 is 0. The first-order valence-electron chi connectivity index (χ1n) is 6.31. The van der Waals surface area contributed by atoms with Crippen molar-refractivity contribution >= 4 is 5.82 Å². The number of anilines is 1. The van der Waals surface area contributed by atoms with E-state index in [2.05, 4.69) is 21.7 Å². The molecule has 0 aromatic carbocycles. The van der Waals surface area contributed by atoms with Crippen LogP contribution in [0.25, 0.3) is 0 Å². The third-order valence-electron chi connectivity index (χ3n) is 3.25. The van der Waals surface area contributed by atoms with E-state index in [4.69, 9.17) is 15.2 Å². The third-order valence-corrected chi connectivity index (χ3v) is 3.25. The zero-order valence-corrected chi connectivity index (χ0v) is 11.8. The molecule has 22 heavy (non-hydrogen) atoms. The van der Waals surface area contributed by atoms with Crippen LogP contribution in [0.1, 0.15) is 0 Å². The molecule has 2 heterocycles. The molecule has 4 N–H and O–H groups in total. The lowest BCUT2D eigenvalue weighted by atomic mass is 10.0. The maximum atomic E-state index is 10.3. The molecule has 0 spiro atoms. The summed E-state index contributed by atoms with van der Waals surface area (Å²) in [6.07, 6.45) is -1.58. The minimum Gasteiger partial charge on any atom is -0.387 e. The minimum absolute atomic E-state index is 0.0171. The van der Waals surface area contributed by atoms with Gasteiger partial charge in [0.1, 0.15) is 30.7 Å². The summed E-state index contributed by atoms with van der Waals surface area (Å²) in [5, 5.41) is 33.8. The fourth-order valence-electron chi connectivity index (χ4n) is 2.23. The summed E-state index contributed by atoms with van der Waals surface area (Å²) in [5.41, 5.74) is 3.68. The van der Waals surface area contributed by atoms with Crippen molar-refractivity contribution in [2.24, 2.45) is 4.99 Å². The van der Waals surface area contributed by atoms with Crippen LogP contribution in [0, 0.1) is 11.3 Å². The summed E-state index contributed by atoms with van der Waals surface area (Å²) < 4.78 is 11.4.